The Balaban J connectivity index is 1.56. The molecule has 2 N–H and O–H groups in total. The van der Waals surface area contributed by atoms with E-state index in [0.717, 1.165) is 28.8 Å². The van der Waals surface area contributed by atoms with Crippen LogP contribution in [0, 0.1) is 5.92 Å². The Morgan fingerprint density at radius 1 is 1.35 bits per heavy atom. The van der Waals surface area contributed by atoms with Crippen LogP contribution in [0.3, 0.4) is 0 Å². The fourth-order valence-corrected chi connectivity index (χ4v) is 3.84. The quantitative estimate of drug-likeness (QED) is 0.561. The number of anilines is 1. The molecular weight excluding hydrogens is 374 g/mol. The van der Waals surface area contributed by atoms with Crippen LogP contribution >= 0.6 is 22.9 Å². The van der Waals surface area contributed by atoms with Gasteiger partial charge in [-0.25, -0.2) is 9.97 Å². The Bertz CT molecular complexity index is 1130. The number of nitrogens with one attached hydrogen (secondary N) is 2. The van der Waals surface area contributed by atoms with E-state index in [0.29, 0.717) is 21.6 Å². The molecule has 0 aromatic carbocycles. The number of thiazole rings is 1. The predicted octanol–water partition coefficient (Wildman–Crippen LogP) is 3.27. The molecule has 0 spiro atoms. The number of halogens is 1. The molecule has 8 nitrogen and oxygen atoms in total. The summed E-state index contributed by atoms with van der Waals surface area (Å²) in [6, 6.07) is 1.83. The number of rotatable bonds is 4. The summed E-state index contributed by atoms with van der Waals surface area (Å²) in [5.41, 5.74) is 2.22. The van der Waals surface area contributed by atoms with Gasteiger partial charge in [0.1, 0.15) is 11.0 Å². The number of hydrogen-bond acceptors (Lipinski definition) is 6. The maximum Gasteiger partial charge on any atom is 0.229 e. The van der Waals surface area contributed by atoms with Gasteiger partial charge in [0.25, 0.3) is 0 Å². The second-order valence-electron chi connectivity index (χ2n) is 6.01. The third-order valence-corrected chi connectivity index (χ3v) is 5.46. The smallest absolute Gasteiger partial charge is 0.229 e. The van der Waals surface area contributed by atoms with Crippen molar-refractivity contribution in [1.82, 2.24) is 29.7 Å². The molecule has 1 aliphatic carbocycles. The molecule has 130 valence electrons. The van der Waals surface area contributed by atoms with Crippen molar-refractivity contribution in [2.45, 2.75) is 12.8 Å². The lowest BCUT2D eigenvalue weighted by Gasteiger charge is -2.06. The first kappa shape index (κ1) is 15.5. The SMILES string of the molecule is O=C(Nc1nc2[nH]nc(-n3cncc3-c3ccncc3Cl)c2s1)C1CC1. The number of aromatic amines is 1. The summed E-state index contributed by atoms with van der Waals surface area (Å²) in [5.74, 6) is 0.816. The monoisotopic (exact) mass is 385 g/mol. The van der Waals surface area contributed by atoms with E-state index < -0.39 is 0 Å². The van der Waals surface area contributed by atoms with Gasteiger partial charge in [0.15, 0.2) is 16.6 Å². The topological polar surface area (TPSA) is 101 Å². The third-order valence-electron chi connectivity index (χ3n) is 4.19. The van der Waals surface area contributed by atoms with Crippen LogP contribution < -0.4 is 5.32 Å². The van der Waals surface area contributed by atoms with Crippen molar-refractivity contribution in [1.29, 1.82) is 0 Å². The van der Waals surface area contributed by atoms with Gasteiger partial charge >= 0.3 is 0 Å². The second kappa shape index (κ2) is 5.89. The van der Waals surface area contributed by atoms with E-state index in [1.54, 1.807) is 24.9 Å². The van der Waals surface area contributed by atoms with Crippen molar-refractivity contribution in [2.24, 2.45) is 5.92 Å². The molecule has 0 bridgehead atoms. The zero-order valence-corrected chi connectivity index (χ0v) is 14.9. The predicted molar refractivity (Wildman–Crippen MR) is 98.5 cm³/mol. The van der Waals surface area contributed by atoms with Crippen LogP contribution in [0.5, 0.6) is 0 Å². The number of nitrogens with zero attached hydrogens (tertiary/aromatic N) is 5. The lowest BCUT2D eigenvalue weighted by atomic mass is 10.2. The van der Waals surface area contributed by atoms with E-state index in [2.05, 4.69) is 30.5 Å². The minimum Gasteiger partial charge on any atom is -0.302 e. The number of carbonyl (C=O) groups excluding carboxylic acids is 1. The summed E-state index contributed by atoms with van der Waals surface area (Å²) in [7, 11) is 0. The van der Waals surface area contributed by atoms with E-state index in [-0.39, 0.29) is 11.8 Å². The summed E-state index contributed by atoms with van der Waals surface area (Å²) < 4.78 is 2.67. The normalized spacial score (nSPS) is 14.0. The van der Waals surface area contributed by atoms with E-state index >= 15 is 0 Å². The molecule has 0 unspecified atom stereocenters. The number of carbonyl (C=O) groups is 1. The number of aromatic nitrogens is 6. The Labute approximate surface area is 156 Å². The van der Waals surface area contributed by atoms with Crippen LogP contribution in [0.25, 0.3) is 27.4 Å². The first-order valence-electron chi connectivity index (χ1n) is 7.99. The first-order chi connectivity index (χ1) is 12.7. The highest BCUT2D eigenvalue weighted by molar-refractivity contribution is 7.22. The van der Waals surface area contributed by atoms with E-state index in [4.69, 9.17) is 11.6 Å². The highest BCUT2D eigenvalue weighted by Crippen LogP contribution is 2.35. The zero-order chi connectivity index (χ0) is 17.7. The summed E-state index contributed by atoms with van der Waals surface area (Å²) in [5, 5.41) is 11.2. The van der Waals surface area contributed by atoms with Gasteiger partial charge in [0.2, 0.25) is 5.91 Å². The summed E-state index contributed by atoms with van der Waals surface area (Å²) >= 11 is 7.65. The van der Waals surface area contributed by atoms with Crippen LogP contribution in [0.1, 0.15) is 12.8 Å². The van der Waals surface area contributed by atoms with Crippen molar-refractivity contribution in [3.63, 3.8) is 0 Å². The van der Waals surface area contributed by atoms with Crippen molar-refractivity contribution in [3.8, 4) is 17.1 Å². The van der Waals surface area contributed by atoms with E-state index in [1.807, 2.05) is 10.6 Å². The zero-order valence-electron chi connectivity index (χ0n) is 13.3. The first-order valence-corrected chi connectivity index (χ1v) is 9.18. The van der Waals surface area contributed by atoms with Crippen LogP contribution in [0.2, 0.25) is 5.02 Å². The molecule has 0 aliphatic heterocycles. The molecule has 10 heteroatoms. The molecular formula is C16H12ClN7OS. The van der Waals surface area contributed by atoms with Crippen LogP contribution in [0.15, 0.2) is 31.0 Å². The highest BCUT2D eigenvalue weighted by Gasteiger charge is 2.30. The molecule has 1 saturated carbocycles. The average molecular weight is 386 g/mol. The molecule has 5 rings (SSSR count). The van der Waals surface area contributed by atoms with Crippen LogP contribution in [-0.4, -0.2) is 35.6 Å². The lowest BCUT2D eigenvalue weighted by Crippen LogP contribution is -2.12. The van der Waals surface area contributed by atoms with Gasteiger partial charge in [-0.1, -0.05) is 22.9 Å². The van der Waals surface area contributed by atoms with Crippen molar-refractivity contribution in [2.75, 3.05) is 5.32 Å². The van der Waals surface area contributed by atoms with Gasteiger partial charge in [-0.05, 0) is 18.9 Å². The Hall–Kier alpha value is -2.78. The third kappa shape index (κ3) is 2.56. The van der Waals surface area contributed by atoms with E-state index in [1.165, 1.54) is 11.3 Å². The fraction of sp³-hybridized carbons (Fsp3) is 0.188. The molecule has 0 atom stereocenters. The minimum atomic E-state index is 0.0304. The number of imidazole rings is 1. The van der Waals surface area contributed by atoms with Crippen LogP contribution in [0.4, 0.5) is 5.13 Å². The van der Waals surface area contributed by atoms with Gasteiger partial charge in [-0.3, -0.25) is 19.4 Å². The number of amides is 1. The Morgan fingerprint density at radius 3 is 3.04 bits per heavy atom. The minimum absolute atomic E-state index is 0.0304. The van der Waals surface area contributed by atoms with Gasteiger partial charge in [0.05, 0.1) is 16.9 Å². The lowest BCUT2D eigenvalue weighted by molar-refractivity contribution is -0.117. The Morgan fingerprint density at radius 2 is 2.23 bits per heavy atom. The van der Waals surface area contributed by atoms with Crippen molar-refractivity contribution < 1.29 is 4.79 Å². The molecule has 1 aliphatic rings. The fourth-order valence-electron chi connectivity index (χ4n) is 2.72. The average Bonchev–Trinajstić information content (AvgIpc) is 3.06. The summed E-state index contributed by atoms with van der Waals surface area (Å²) in [6.07, 6.45) is 8.56. The van der Waals surface area contributed by atoms with Crippen molar-refractivity contribution >= 4 is 44.3 Å². The Kier molecular flexibility index (Phi) is 3.50. The number of pyridine rings is 1. The largest absolute Gasteiger partial charge is 0.302 e. The maximum atomic E-state index is 12.0. The standard InChI is InChI=1S/C16H12ClN7OS/c17-10-5-18-4-3-9(10)11-6-19-7-24(11)14-12-13(22-23-14)20-16(26-12)21-15(25)8-1-2-8/h3-8H,1-2H2,(H2,20,21,22,23,25). The molecule has 0 saturated heterocycles. The van der Waals surface area contributed by atoms with Crippen LogP contribution in [-0.2, 0) is 4.79 Å². The number of hydrogen-bond donors (Lipinski definition) is 2. The van der Waals surface area contributed by atoms with E-state index in [9.17, 15) is 4.79 Å². The molecule has 4 heterocycles. The summed E-state index contributed by atoms with van der Waals surface area (Å²) in [6.45, 7) is 0. The molecule has 26 heavy (non-hydrogen) atoms. The summed E-state index contributed by atoms with van der Waals surface area (Å²) in [4.78, 5) is 24.6. The molecule has 4 aromatic heterocycles. The van der Waals surface area contributed by atoms with Gasteiger partial charge in [0, 0.05) is 23.9 Å². The molecule has 0 radical (unpaired) electrons. The van der Waals surface area contributed by atoms with Crippen molar-refractivity contribution in [3.05, 3.63) is 36.0 Å². The number of fused-ring (bicyclic) bond motifs is 1. The molecule has 1 amide bonds. The maximum absolute atomic E-state index is 12.0. The van der Waals surface area contributed by atoms with Gasteiger partial charge in [-0.15, -0.1) is 0 Å². The van der Waals surface area contributed by atoms with Gasteiger partial charge < -0.3 is 5.32 Å². The highest BCUT2D eigenvalue weighted by atomic mass is 35.5. The second-order valence-corrected chi connectivity index (χ2v) is 7.42. The van der Waals surface area contributed by atoms with Gasteiger partial charge in [-0.2, -0.15) is 5.10 Å². The molecule has 4 aromatic rings. The molecule has 1 fully saturated rings. The number of H-pyrrole nitrogens is 1.